The second-order valence-corrected chi connectivity index (χ2v) is 6.30. The van der Waals surface area contributed by atoms with Crippen LogP contribution in [0.25, 0.3) is 11.3 Å². The lowest BCUT2D eigenvalue weighted by molar-refractivity contribution is -0.137. The number of hydrogen-bond acceptors (Lipinski definition) is 3. The van der Waals surface area contributed by atoms with Crippen molar-refractivity contribution in [1.82, 2.24) is 4.68 Å². The summed E-state index contributed by atoms with van der Waals surface area (Å²) in [5.74, 6) is 0.151. The Labute approximate surface area is 148 Å². The molecule has 4 nitrogen and oxygen atoms in total. The lowest BCUT2D eigenvalue weighted by Crippen LogP contribution is -2.27. The van der Waals surface area contributed by atoms with Crippen LogP contribution in [0.15, 0.2) is 46.3 Å². The molecule has 1 atom stereocenters. The average molecular weight is 359 g/mol. The summed E-state index contributed by atoms with van der Waals surface area (Å²) in [5.41, 5.74) is -2.02. The van der Waals surface area contributed by atoms with Crippen LogP contribution in [0.5, 0.6) is 0 Å². The maximum Gasteiger partial charge on any atom is 0.417 e. The molecule has 2 aromatic rings. The van der Waals surface area contributed by atoms with Gasteiger partial charge in [-0.15, -0.1) is 0 Å². The second kappa shape index (κ2) is 6.79. The Bertz CT molecular complexity index is 953. The minimum Gasteiger partial charge on any atom is -0.266 e. The Morgan fingerprint density at radius 3 is 2.50 bits per heavy atom. The van der Waals surface area contributed by atoms with Crippen molar-refractivity contribution >= 4 is 5.71 Å². The van der Waals surface area contributed by atoms with E-state index in [1.807, 2.05) is 6.92 Å². The number of nitrogens with zero attached hydrogens (tertiary/aromatic N) is 3. The molecular formula is C19H16F3N3O. The third kappa shape index (κ3) is 3.27. The lowest BCUT2D eigenvalue weighted by atomic mass is 10.0. The largest absolute Gasteiger partial charge is 0.417 e. The van der Waals surface area contributed by atoms with Crippen molar-refractivity contribution in [3.05, 3.63) is 57.9 Å². The van der Waals surface area contributed by atoms with Gasteiger partial charge in [0.25, 0.3) is 5.56 Å². The summed E-state index contributed by atoms with van der Waals surface area (Å²) in [5, 5.41) is 13.5. The van der Waals surface area contributed by atoms with Gasteiger partial charge in [-0.3, -0.25) is 4.79 Å². The Kier molecular flexibility index (Phi) is 4.68. The zero-order chi connectivity index (χ0) is 18.9. The first-order valence-corrected chi connectivity index (χ1v) is 8.23. The highest BCUT2D eigenvalue weighted by molar-refractivity contribution is 5.88. The van der Waals surface area contributed by atoms with Gasteiger partial charge in [0, 0.05) is 11.3 Å². The number of rotatable bonds is 2. The standard InChI is InChI=1S/C19H16F3N3O/c1-12-6-5-9-16(12)24-25-17(13-7-3-2-4-8-13)10-15(19(20,21)22)14(11-23)18(25)26/h2-4,7-8,10,12H,5-6,9H2,1H3/b24-16+. The van der Waals surface area contributed by atoms with Crippen LogP contribution in [-0.2, 0) is 6.18 Å². The SMILES string of the molecule is CC1CCC/C1=N\n1c(-c2ccccc2)cc(C(F)(F)F)c(C#N)c1=O. The maximum atomic E-state index is 13.4. The number of nitriles is 1. The van der Waals surface area contributed by atoms with Gasteiger partial charge < -0.3 is 0 Å². The van der Waals surface area contributed by atoms with Crippen molar-refractivity contribution in [1.29, 1.82) is 5.26 Å². The summed E-state index contributed by atoms with van der Waals surface area (Å²) in [6.07, 6.45) is -2.29. The number of alkyl halides is 3. The summed E-state index contributed by atoms with van der Waals surface area (Å²) in [6, 6.07) is 10.5. The monoisotopic (exact) mass is 359 g/mol. The van der Waals surface area contributed by atoms with Gasteiger partial charge in [0.15, 0.2) is 0 Å². The first-order valence-electron chi connectivity index (χ1n) is 8.23. The van der Waals surface area contributed by atoms with Crippen LogP contribution in [0, 0.1) is 17.2 Å². The highest BCUT2D eigenvalue weighted by atomic mass is 19.4. The summed E-state index contributed by atoms with van der Waals surface area (Å²) in [7, 11) is 0. The second-order valence-electron chi connectivity index (χ2n) is 6.30. The summed E-state index contributed by atoms with van der Waals surface area (Å²) >= 11 is 0. The molecule has 7 heteroatoms. The molecule has 0 bridgehead atoms. The summed E-state index contributed by atoms with van der Waals surface area (Å²) in [6.45, 7) is 1.97. The molecule has 1 heterocycles. The van der Waals surface area contributed by atoms with E-state index in [1.54, 1.807) is 30.3 Å². The molecule has 0 spiro atoms. The van der Waals surface area contributed by atoms with Crippen molar-refractivity contribution in [2.75, 3.05) is 0 Å². The highest BCUT2D eigenvalue weighted by Gasteiger charge is 2.36. The third-order valence-corrected chi connectivity index (χ3v) is 4.54. The van der Waals surface area contributed by atoms with Gasteiger partial charge >= 0.3 is 6.18 Å². The predicted octanol–water partition coefficient (Wildman–Crippen LogP) is 4.43. The number of halogens is 3. The molecule has 0 saturated heterocycles. The van der Waals surface area contributed by atoms with Gasteiger partial charge in [0.1, 0.15) is 11.6 Å². The zero-order valence-electron chi connectivity index (χ0n) is 14.0. The maximum absolute atomic E-state index is 13.4. The minimum absolute atomic E-state index is 0.0218. The van der Waals surface area contributed by atoms with Crippen LogP contribution in [0.4, 0.5) is 13.2 Å². The fourth-order valence-corrected chi connectivity index (χ4v) is 3.13. The molecule has 3 rings (SSSR count). The van der Waals surface area contributed by atoms with Crippen LogP contribution in [0.2, 0.25) is 0 Å². The number of aromatic nitrogens is 1. The van der Waals surface area contributed by atoms with Crippen LogP contribution in [0.1, 0.15) is 37.3 Å². The number of benzene rings is 1. The van der Waals surface area contributed by atoms with E-state index in [-0.39, 0.29) is 11.6 Å². The highest BCUT2D eigenvalue weighted by Crippen LogP contribution is 2.33. The molecule has 0 amide bonds. The Morgan fingerprint density at radius 1 is 1.27 bits per heavy atom. The fourth-order valence-electron chi connectivity index (χ4n) is 3.13. The van der Waals surface area contributed by atoms with Crippen molar-refractivity contribution in [2.45, 2.75) is 32.4 Å². The fraction of sp³-hybridized carbons (Fsp3) is 0.316. The zero-order valence-corrected chi connectivity index (χ0v) is 14.0. The molecule has 26 heavy (non-hydrogen) atoms. The molecule has 1 aromatic heterocycles. The average Bonchev–Trinajstić information content (AvgIpc) is 3.01. The third-order valence-electron chi connectivity index (χ3n) is 4.54. The Hall–Kier alpha value is -2.88. The van der Waals surface area contributed by atoms with E-state index in [2.05, 4.69) is 5.10 Å². The molecule has 1 saturated carbocycles. The van der Waals surface area contributed by atoms with Crippen molar-refractivity contribution in [2.24, 2.45) is 11.0 Å². The molecule has 1 aliphatic rings. The Balaban J connectivity index is 2.35. The van der Waals surface area contributed by atoms with Gasteiger partial charge in [-0.2, -0.15) is 28.2 Å². The Morgan fingerprint density at radius 2 is 1.96 bits per heavy atom. The van der Waals surface area contributed by atoms with E-state index in [1.165, 1.54) is 6.07 Å². The lowest BCUT2D eigenvalue weighted by Gasteiger charge is -2.15. The van der Waals surface area contributed by atoms with E-state index >= 15 is 0 Å². The van der Waals surface area contributed by atoms with E-state index in [0.717, 1.165) is 29.3 Å². The summed E-state index contributed by atoms with van der Waals surface area (Å²) in [4.78, 5) is 12.7. The van der Waals surface area contributed by atoms with Gasteiger partial charge in [0.2, 0.25) is 0 Å². The van der Waals surface area contributed by atoms with Crippen molar-refractivity contribution < 1.29 is 13.2 Å². The molecule has 0 radical (unpaired) electrons. The van der Waals surface area contributed by atoms with Crippen LogP contribution in [-0.4, -0.2) is 10.4 Å². The minimum atomic E-state index is -4.80. The molecule has 1 unspecified atom stereocenters. The summed E-state index contributed by atoms with van der Waals surface area (Å²) < 4.78 is 41.1. The van der Waals surface area contributed by atoms with Crippen LogP contribution >= 0.6 is 0 Å². The molecule has 1 aliphatic carbocycles. The van der Waals surface area contributed by atoms with Gasteiger partial charge in [-0.25, -0.2) is 0 Å². The van der Waals surface area contributed by atoms with Crippen LogP contribution < -0.4 is 5.56 Å². The topological polar surface area (TPSA) is 58.1 Å². The quantitative estimate of drug-likeness (QED) is 0.796. The van der Waals surface area contributed by atoms with Crippen LogP contribution in [0.3, 0.4) is 0 Å². The molecule has 0 N–H and O–H groups in total. The van der Waals surface area contributed by atoms with Gasteiger partial charge in [-0.1, -0.05) is 37.3 Å². The first kappa shape index (κ1) is 17.9. The van der Waals surface area contributed by atoms with E-state index in [0.29, 0.717) is 12.0 Å². The van der Waals surface area contributed by atoms with Crippen molar-refractivity contribution in [3.8, 4) is 17.3 Å². The predicted molar refractivity (Wildman–Crippen MR) is 91.7 cm³/mol. The molecule has 1 fully saturated rings. The van der Waals surface area contributed by atoms with E-state index in [9.17, 15) is 18.0 Å². The van der Waals surface area contributed by atoms with Gasteiger partial charge in [0.05, 0.1) is 11.3 Å². The van der Waals surface area contributed by atoms with Gasteiger partial charge in [-0.05, 0) is 31.2 Å². The number of pyridine rings is 1. The molecule has 134 valence electrons. The smallest absolute Gasteiger partial charge is 0.266 e. The normalized spacial score (nSPS) is 18.9. The first-order chi connectivity index (χ1) is 12.3. The molecule has 0 aliphatic heterocycles. The number of hydrogen-bond donors (Lipinski definition) is 0. The van der Waals surface area contributed by atoms with E-state index < -0.39 is 22.9 Å². The van der Waals surface area contributed by atoms with E-state index in [4.69, 9.17) is 5.26 Å². The molecule has 1 aromatic carbocycles. The van der Waals surface area contributed by atoms with Crippen molar-refractivity contribution in [3.63, 3.8) is 0 Å². The molecular weight excluding hydrogens is 343 g/mol.